The van der Waals surface area contributed by atoms with Gasteiger partial charge in [0.2, 0.25) is 0 Å². The molecule has 1 heterocycles. The third-order valence-electron chi connectivity index (χ3n) is 5.94. The molecular formula is C27H31Cl2N3O2. The van der Waals surface area contributed by atoms with Crippen molar-refractivity contribution < 1.29 is 8.58 Å². The number of piperazine rings is 1. The second-order valence-corrected chi connectivity index (χ2v) is 8.77. The van der Waals surface area contributed by atoms with Gasteiger partial charge in [0, 0.05) is 38.3 Å². The summed E-state index contributed by atoms with van der Waals surface area (Å²) in [6, 6.07) is 28.8. The van der Waals surface area contributed by atoms with Gasteiger partial charge < -0.3 is 9.64 Å². The first-order valence-corrected chi connectivity index (χ1v) is 12.0. The van der Waals surface area contributed by atoms with Crippen molar-refractivity contribution in [2.24, 2.45) is 0 Å². The Morgan fingerprint density at radius 3 is 2.15 bits per heavy atom. The van der Waals surface area contributed by atoms with E-state index in [0.29, 0.717) is 18.4 Å². The van der Waals surface area contributed by atoms with Crippen LogP contribution in [-0.4, -0.2) is 48.4 Å². The van der Waals surface area contributed by atoms with Gasteiger partial charge in [-0.25, -0.2) is 0 Å². The van der Waals surface area contributed by atoms with Gasteiger partial charge in [0.15, 0.2) is 0 Å². The molecule has 1 unspecified atom stereocenters. The summed E-state index contributed by atoms with van der Waals surface area (Å²) in [6.45, 7) is 7.65. The van der Waals surface area contributed by atoms with Crippen LogP contribution < -0.4 is 4.74 Å². The molecule has 0 aliphatic carbocycles. The Balaban J connectivity index is 0.00000103. The maximum absolute atomic E-state index is 8.71. The van der Waals surface area contributed by atoms with Crippen molar-refractivity contribution in [1.29, 1.82) is 5.41 Å². The lowest BCUT2D eigenvalue weighted by Crippen LogP contribution is -2.49. The smallest absolute Gasteiger partial charge is 0.128 e. The summed E-state index contributed by atoms with van der Waals surface area (Å²) < 4.78 is 9.14. The highest BCUT2D eigenvalue weighted by Crippen LogP contribution is 2.20. The fraction of sp³-hybridized carbons (Fsp3) is 0.296. The van der Waals surface area contributed by atoms with Gasteiger partial charge >= 0.3 is 0 Å². The fourth-order valence-corrected chi connectivity index (χ4v) is 4.08. The Morgan fingerprint density at radius 1 is 0.882 bits per heavy atom. The quantitative estimate of drug-likeness (QED) is 0.305. The third kappa shape index (κ3) is 8.03. The van der Waals surface area contributed by atoms with Crippen LogP contribution in [-0.2, 0) is 10.4 Å². The first kappa shape index (κ1) is 26.0. The van der Waals surface area contributed by atoms with Crippen LogP contribution in [0, 0.1) is 5.41 Å². The highest BCUT2D eigenvalue weighted by atomic mass is 35.6. The molecule has 1 atom stereocenters. The molecule has 0 saturated carbocycles. The molecule has 1 aliphatic heterocycles. The average molecular weight is 500 g/mol. The number of nitrogens with zero attached hydrogens (tertiary/aromatic N) is 2. The van der Waals surface area contributed by atoms with E-state index in [2.05, 4.69) is 86.8 Å². The van der Waals surface area contributed by atoms with Gasteiger partial charge in [-0.1, -0.05) is 79.7 Å². The number of nitrogens with one attached hydrogen (secondary N) is 1. The van der Waals surface area contributed by atoms with Crippen LogP contribution in [0.4, 0.5) is 0 Å². The zero-order chi connectivity index (χ0) is 24.2. The molecule has 0 bridgehead atoms. The summed E-state index contributed by atoms with van der Waals surface area (Å²) in [5, 5.41) is 8.71. The number of hydrogen-bond donors (Lipinski definition) is 1. The summed E-state index contributed by atoms with van der Waals surface area (Å²) in [6.07, 6.45) is 0. The number of amidine groups is 1. The van der Waals surface area contributed by atoms with E-state index in [1.54, 1.807) is 0 Å². The average Bonchev–Trinajstić information content (AvgIpc) is 2.89. The number of ether oxygens (including phenoxy) is 1. The standard InChI is InChI=1S/C27H31N3O.Cl2O/c1-22(24-11-6-3-7-12-24)20-29-15-17-30(18-16-29)27(28)25-13-8-14-26(19-25)31-21-23-9-4-2-5-10-23;1-3-2/h2-14,19,22,28H,15-18,20-21H2,1H3;. The monoisotopic (exact) mass is 499 g/mol. The second-order valence-electron chi connectivity index (χ2n) is 8.31. The van der Waals surface area contributed by atoms with E-state index < -0.39 is 0 Å². The SMILES string of the molecule is CC(CN1CCN(C(=N)c2cccc(OCc3ccccc3)c2)CC1)c1ccccc1.ClOCl. The van der Waals surface area contributed by atoms with Gasteiger partial charge in [0.05, 0.1) is 23.7 Å². The molecule has 3 aromatic carbocycles. The van der Waals surface area contributed by atoms with Gasteiger partial charge in [-0.3, -0.25) is 10.3 Å². The van der Waals surface area contributed by atoms with Crippen LogP contribution in [0.2, 0.25) is 0 Å². The van der Waals surface area contributed by atoms with Crippen molar-refractivity contribution in [2.75, 3.05) is 32.7 Å². The normalized spacial score (nSPS) is 14.6. The van der Waals surface area contributed by atoms with Gasteiger partial charge in [0.25, 0.3) is 0 Å². The fourth-order valence-electron chi connectivity index (χ4n) is 4.08. The Kier molecular flexibility index (Phi) is 10.7. The molecule has 0 aromatic heterocycles. The highest BCUT2D eigenvalue weighted by molar-refractivity contribution is 6.24. The molecule has 1 N–H and O–H groups in total. The minimum Gasteiger partial charge on any atom is -0.489 e. The molecular weight excluding hydrogens is 469 g/mol. The first-order chi connectivity index (χ1) is 16.6. The Hall–Kier alpha value is -2.57. The molecule has 1 fully saturated rings. The van der Waals surface area contributed by atoms with Crippen molar-refractivity contribution in [2.45, 2.75) is 19.4 Å². The molecule has 180 valence electrons. The number of benzene rings is 3. The van der Waals surface area contributed by atoms with Gasteiger partial charge in [-0.15, -0.1) is 0 Å². The van der Waals surface area contributed by atoms with Crippen LogP contribution >= 0.6 is 23.7 Å². The number of hydrogen-bond acceptors (Lipinski definition) is 4. The van der Waals surface area contributed by atoms with E-state index in [1.165, 1.54) is 5.56 Å². The molecule has 1 aliphatic rings. The lowest BCUT2D eigenvalue weighted by molar-refractivity contribution is 0.175. The Labute approximate surface area is 212 Å². The molecule has 0 spiro atoms. The molecule has 1 saturated heterocycles. The van der Waals surface area contributed by atoms with E-state index in [4.69, 9.17) is 10.1 Å². The van der Waals surface area contributed by atoms with Crippen molar-refractivity contribution in [3.8, 4) is 5.75 Å². The molecule has 34 heavy (non-hydrogen) atoms. The van der Waals surface area contributed by atoms with Crippen molar-refractivity contribution in [3.63, 3.8) is 0 Å². The van der Waals surface area contributed by atoms with E-state index in [1.807, 2.05) is 42.5 Å². The minimum atomic E-state index is 0.519. The molecule has 7 heteroatoms. The Bertz CT molecular complexity index is 997. The number of halogens is 2. The zero-order valence-corrected chi connectivity index (χ0v) is 20.9. The van der Waals surface area contributed by atoms with E-state index >= 15 is 0 Å². The van der Waals surface area contributed by atoms with Crippen molar-refractivity contribution in [1.82, 2.24) is 9.80 Å². The third-order valence-corrected chi connectivity index (χ3v) is 5.94. The molecule has 0 radical (unpaired) electrons. The largest absolute Gasteiger partial charge is 0.489 e. The second kappa shape index (κ2) is 14.0. The lowest BCUT2D eigenvalue weighted by Gasteiger charge is -2.37. The van der Waals surface area contributed by atoms with E-state index in [9.17, 15) is 0 Å². The molecule has 3 aromatic rings. The van der Waals surface area contributed by atoms with Crippen LogP contribution in [0.15, 0.2) is 84.9 Å². The summed E-state index contributed by atoms with van der Waals surface area (Å²) in [5.41, 5.74) is 3.45. The predicted molar refractivity (Wildman–Crippen MR) is 140 cm³/mol. The van der Waals surface area contributed by atoms with Gasteiger partial charge in [-0.2, -0.15) is 3.84 Å². The van der Waals surface area contributed by atoms with E-state index in [-0.39, 0.29) is 0 Å². The lowest BCUT2D eigenvalue weighted by atomic mass is 10.0. The molecule has 5 nitrogen and oxygen atoms in total. The summed E-state index contributed by atoms with van der Waals surface area (Å²) in [7, 11) is 0. The topological polar surface area (TPSA) is 48.8 Å². The zero-order valence-electron chi connectivity index (χ0n) is 19.4. The summed E-state index contributed by atoms with van der Waals surface area (Å²) in [4.78, 5) is 4.70. The minimum absolute atomic E-state index is 0.519. The van der Waals surface area contributed by atoms with Crippen LogP contribution in [0.3, 0.4) is 0 Å². The first-order valence-electron chi connectivity index (χ1n) is 11.4. The van der Waals surface area contributed by atoms with Gasteiger partial charge in [-0.05, 0) is 29.2 Å². The maximum Gasteiger partial charge on any atom is 0.128 e. The van der Waals surface area contributed by atoms with Crippen molar-refractivity contribution in [3.05, 3.63) is 102 Å². The summed E-state index contributed by atoms with van der Waals surface area (Å²) in [5.74, 6) is 1.91. The predicted octanol–water partition coefficient (Wildman–Crippen LogP) is 6.32. The molecule has 0 amide bonds. The number of rotatable bonds is 7. The van der Waals surface area contributed by atoms with Crippen LogP contribution in [0.25, 0.3) is 0 Å². The highest BCUT2D eigenvalue weighted by Gasteiger charge is 2.21. The van der Waals surface area contributed by atoms with E-state index in [0.717, 1.165) is 49.6 Å². The molecule has 4 rings (SSSR count). The maximum atomic E-state index is 8.71. The van der Waals surface area contributed by atoms with Crippen LogP contribution in [0.1, 0.15) is 29.5 Å². The van der Waals surface area contributed by atoms with Crippen LogP contribution in [0.5, 0.6) is 5.75 Å². The van der Waals surface area contributed by atoms with Crippen molar-refractivity contribution >= 4 is 29.6 Å². The van der Waals surface area contributed by atoms with Gasteiger partial charge in [0.1, 0.15) is 18.2 Å². The summed E-state index contributed by atoms with van der Waals surface area (Å²) >= 11 is 8.53. The Morgan fingerprint density at radius 2 is 1.50 bits per heavy atom.